The number of aryl methyl sites for hydroxylation is 2. The van der Waals surface area contributed by atoms with Gasteiger partial charge in [-0.3, -0.25) is 0 Å². The molecule has 5 N–H and O–H groups in total. The lowest BCUT2D eigenvalue weighted by Gasteiger charge is -2.30. The lowest BCUT2D eigenvalue weighted by Crippen LogP contribution is -2.51. The minimum Gasteiger partial charge on any atom is -0.361 e. The molecule has 5 rings (SSSR count). The predicted octanol–water partition coefficient (Wildman–Crippen LogP) is 5.16. The average Bonchev–Trinajstić information content (AvgIpc) is 3.70. The van der Waals surface area contributed by atoms with Gasteiger partial charge >= 0.3 is 12.4 Å². The van der Waals surface area contributed by atoms with Gasteiger partial charge < -0.3 is 9.97 Å². The van der Waals surface area contributed by atoms with Gasteiger partial charge in [0.1, 0.15) is 11.4 Å². The Kier molecular flexibility index (Phi) is 7.61. The number of hydrazine groups is 3. The first-order valence-electron chi connectivity index (χ1n) is 13.1. The van der Waals surface area contributed by atoms with Crippen molar-refractivity contribution in [2.24, 2.45) is 0 Å². The van der Waals surface area contributed by atoms with Crippen LogP contribution in [0.15, 0.2) is 48.8 Å². The second-order valence-electron chi connectivity index (χ2n) is 9.73. The fourth-order valence-corrected chi connectivity index (χ4v) is 4.89. The molecule has 9 nitrogen and oxygen atoms in total. The summed E-state index contributed by atoms with van der Waals surface area (Å²) in [5.74, 6) is 1.18. The van der Waals surface area contributed by atoms with E-state index in [-0.39, 0.29) is 5.69 Å². The number of nitrogens with zero attached hydrogens (tertiary/aromatic N) is 4. The van der Waals surface area contributed by atoms with Gasteiger partial charge in [0.2, 0.25) is 0 Å². The highest BCUT2D eigenvalue weighted by atomic mass is 19.4. The average molecular weight is 582 g/mol. The monoisotopic (exact) mass is 581 g/mol. The Labute approximate surface area is 231 Å². The summed E-state index contributed by atoms with van der Waals surface area (Å²) >= 11 is 0. The van der Waals surface area contributed by atoms with Gasteiger partial charge in [0, 0.05) is 25.2 Å². The van der Waals surface area contributed by atoms with Crippen LogP contribution in [0.1, 0.15) is 66.3 Å². The SMILES string of the molecule is CCCc1nc(CCC)n(Cc2ccc(C3(c4[nH]ccc4C(F)(F)F)NNN(c4[nH]ccc4C(F)(F)F)N3)cc2)n1. The van der Waals surface area contributed by atoms with Gasteiger partial charge in [-0.15, -0.1) is 0 Å². The molecule has 41 heavy (non-hydrogen) atoms. The third-order valence-corrected chi connectivity index (χ3v) is 6.78. The van der Waals surface area contributed by atoms with Crippen LogP contribution in [-0.4, -0.2) is 24.7 Å². The molecule has 0 bridgehead atoms. The number of hydrogen-bond acceptors (Lipinski definition) is 6. The van der Waals surface area contributed by atoms with E-state index in [1.165, 1.54) is 0 Å². The number of halogens is 6. The number of anilines is 1. The Morgan fingerprint density at radius 3 is 2.15 bits per heavy atom. The van der Waals surface area contributed by atoms with Gasteiger partial charge in [0.05, 0.1) is 17.8 Å². The van der Waals surface area contributed by atoms with Crippen molar-refractivity contribution in [3.05, 3.63) is 88.4 Å². The Morgan fingerprint density at radius 2 is 1.49 bits per heavy atom. The molecule has 220 valence electrons. The molecule has 1 saturated heterocycles. The molecular formula is C26H29F6N9. The maximum Gasteiger partial charge on any atom is 0.420 e. The Morgan fingerprint density at radius 1 is 0.829 bits per heavy atom. The largest absolute Gasteiger partial charge is 0.420 e. The van der Waals surface area contributed by atoms with Crippen molar-refractivity contribution < 1.29 is 26.3 Å². The molecule has 1 aliphatic heterocycles. The second-order valence-corrected chi connectivity index (χ2v) is 9.73. The first-order chi connectivity index (χ1) is 19.5. The van der Waals surface area contributed by atoms with Crippen molar-refractivity contribution in [2.45, 2.75) is 64.1 Å². The number of H-pyrrole nitrogens is 2. The number of benzene rings is 1. The summed E-state index contributed by atoms with van der Waals surface area (Å²) in [4.78, 5) is 9.74. The van der Waals surface area contributed by atoms with E-state index in [2.05, 4.69) is 36.4 Å². The van der Waals surface area contributed by atoms with Crippen molar-refractivity contribution in [1.82, 2.24) is 41.1 Å². The first-order valence-corrected chi connectivity index (χ1v) is 13.1. The van der Waals surface area contributed by atoms with E-state index in [0.29, 0.717) is 12.1 Å². The molecule has 4 heterocycles. The fraction of sp³-hybridized carbons (Fsp3) is 0.385. The smallest absolute Gasteiger partial charge is 0.361 e. The molecule has 1 fully saturated rings. The zero-order chi connectivity index (χ0) is 29.4. The quantitative estimate of drug-likeness (QED) is 0.175. The van der Waals surface area contributed by atoms with Crippen LogP contribution in [0, 0.1) is 0 Å². The van der Waals surface area contributed by atoms with E-state index >= 15 is 0 Å². The number of aromatic amines is 2. The molecular weight excluding hydrogens is 552 g/mol. The Bertz CT molecular complexity index is 1470. The van der Waals surface area contributed by atoms with Gasteiger partial charge in [0.15, 0.2) is 17.3 Å². The highest BCUT2D eigenvalue weighted by Crippen LogP contribution is 2.41. The molecule has 0 amide bonds. The van der Waals surface area contributed by atoms with Crippen LogP contribution in [0.2, 0.25) is 0 Å². The zero-order valence-corrected chi connectivity index (χ0v) is 22.2. The van der Waals surface area contributed by atoms with E-state index in [1.54, 1.807) is 24.3 Å². The van der Waals surface area contributed by atoms with Crippen molar-refractivity contribution in [2.75, 3.05) is 5.12 Å². The molecule has 0 aliphatic carbocycles. The Hall–Kier alpha value is -3.82. The Balaban J connectivity index is 1.51. The standard InChI is InChI=1S/C26H29F6N9/c1-3-5-20-35-21(6-4-2)40(36-20)15-16-7-9-17(10-8-16)24(22-18(11-13-33-22)25(27,28)29)37-39-41(38-24)23-19(12-14-34-23)26(30,31)32/h7-14,33-34,37-39H,3-6,15H2,1-2H3. The van der Waals surface area contributed by atoms with Crippen LogP contribution in [-0.2, 0) is 37.4 Å². The molecule has 1 aliphatic rings. The lowest BCUT2D eigenvalue weighted by molar-refractivity contribution is -0.139. The molecule has 0 radical (unpaired) electrons. The van der Waals surface area contributed by atoms with Crippen LogP contribution in [0.25, 0.3) is 0 Å². The van der Waals surface area contributed by atoms with Crippen molar-refractivity contribution in [1.29, 1.82) is 0 Å². The summed E-state index contributed by atoms with van der Waals surface area (Å²) in [6.07, 6.45) is -3.92. The predicted molar refractivity (Wildman–Crippen MR) is 138 cm³/mol. The summed E-state index contributed by atoms with van der Waals surface area (Å²) in [5, 5.41) is 5.49. The van der Waals surface area contributed by atoms with Crippen LogP contribution in [0.3, 0.4) is 0 Å². The van der Waals surface area contributed by atoms with Crippen LogP contribution >= 0.6 is 0 Å². The molecule has 3 aromatic heterocycles. The third kappa shape index (κ3) is 5.56. The molecule has 1 aromatic carbocycles. The van der Waals surface area contributed by atoms with Crippen LogP contribution in [0.4, 0.5) is 32.2 Å². The van der Waals surface area contributed by atoms with Crippen molar-refractivity contribution in [3.8, 4) is 0 Å². The van der Waals surface area contributed by atoms with Gasteiger partial charge in [-0.2, -0.15) is 42.4 Å². The van der Waals surface area contributed by atoms with Gasteiger partial charge in [-0.1, -0.05) is 38.1 Å². The normalized spacial score (nSPS) is 18.0. The van der Waals surface area contributed by atoms with E-state index in [9.17, 15) is 26.3 Å². The third-order valence-electron chi connectivity index (χ3n) is 6.78. The maximum atomic E-state index is 14.0. The summed E-state index contributed by atoms with van der Waals surface area (Å²) in [7, 11) is 0. The molecule has 0 spiro atoms. The maximum absolute atomic E-state index is 14.0. The summed E-state index contributed by atoms with van der Waals surface area (Å²) in [6.45, 7) is 4.49. The van der Waals surface area contributed by atoms with Crippen molar-refractivity contribution in [3.63, 3.8) is 0 Å². The molecule has 1 atom stereocenters. The minimum absolute atomic E-state index is 0.309. The van der Waals surface area contributed by atoms with Gasteiger partial charge in [-0.25, -0.2) is 20.2 Å². The van der Waals surface area contributed by atoms with E-state index in [4.69, 9.17) is 0 Å². The van der Waals surface area contributed by atoms with Crippen LogP contribution in [0.5, 0.6) is 0 Å². The number of rotatable bonds is 9. The van der Waals surface area contributed by atoms with Crippen molar-refractivity contribution >= 4 is 5.82 Å². The van der Waals surface area contributed by atoms with Crippen LogP contribution < -0.4 is 21.5 Å². The molecule has 1 unspecified atom stereocenters. The van der Waals surface area contributed by atoms with E-state index < -0.39 is 35.0 Å². The zero-order valence-electron chi connectivity index (χ0n) is 22.2. The van der Waals surface area contributed by atoms with Gasteiger partial charge in [-0.05, 0) is 36.1 Å². The highest BCUT2D eigenvalue weighted by Gasteiger charge is 2.49. The van der Waals surface area contributed by atoms with Gasteiger partial charge in [0.25, 0.3) is 0 Å². The number of aromatic nitrogens is 5. The molecule has 4 aromatic rings. The second kappa shape index (κ2) is 10.9. The number of hydrogen-bond donors (Lipinski definition) is 5. The summed E-state index contributed by atoms with van der Waals surface area (Å²) in [5.41, 5.74) is 5.06. The lowest BCUT2D eigenvalue weighted by atomic mass is 9.93. The molecule has 0 saturated carbocycles. The number of nitrogens with one attached hydrogen (secondary N) is 5. The number of alkyl halides is 6. The van der Waals surface area contributed by atoms with E-state index in [1.807, 2.05) is 18.5 Å². The summed E-state index contributed by atoms with van der Waals surface area (Å²) < 4.78 is 84.6. The summed E-state index contributed by atoms with van der Waals surface area (Å²) in [6, 6.07) is 8.43. The minimum atomic E-state index is -4.73. The van der Waals surface area contributed by atoms with E-state index in [0.717, 1.165) is 72.5 Å². The topological polar surface area (TPSA) is 102 Å². The fourth-order valence-electron chi connectivity index (χ4n) is 4.89. The molecule has 15 heteroatoms. The highest BCUT2D eigenvalue weighted by molar-refractivity contribution is 5.51. The first kappa shape index (κ1) is 28.7.